The molecule has 1 aromatic rings. The maximum absolute atomic E-state index is 11.9. The van der Waals surface area contributed by atoms with E-state index in [-0.39, 0.29) is 23.1 Å². The molecule has 2 rings (SSSR count). The lowest BCUT2D eigenvalue weighted by Gasteiger charge is -2.31. The molecule has 1 aliphatic heterocycles. The summed E-state index contributed by atoms with van der Waals surface area (Å²) in [4.78, 5) is 37.3. The lowest BCUT2D eigenvalue weighted by Crippen LogP contribution is -2.42. The minimum Gasteiger partial charge on any atom is -0.469 e. The predicted molar refractivity (Wildman–Crippen MR) is 76.9 cm³/mol. The van der Waals surface area contributed by atoms with Crippen molar-refractivity contribution in [1.29, 1.82) is 0 Å². The minimum absolute atomic E-state index is 0.132. The first-order valence-corrected chi connectivity index (χ1v) is 7.00. The smallest absolute Gasteiger partial charge is 0.330 e. The van der Waals surface area contributed by atoms with Crippen molar-refractivity contribution in [2.45, 2.75) is 19.4 Å². The molecule has 1 unspecified atom stereocenters. The summed E-state index contributed by atoms with van der Waals surface area (Å²) in [5, 5.41) is 0. The Labute approximate surface area is 122 Å². The van der Waals surface area contributed by atoms with Gasteiger partial charge in [-0.1, -0.05) is 0 Å². The summed E-state index contributed by atoms with van der Waals surface area (Å²) in [5.41, 5.74) is 0.0160. The van der Waals surface area contributed by atoms with Crippen LogP contribution in [0.2, 0.25) is 0 Å². The summed E-state index contributed by atoms with van der Waals surface area (Å²) in [6, 6.07) is 1.48. The van der Waals surface area contributed by atoms with Crippen LogP contribution in [0.15, 0.2) is 15.7 Å². The molecule has 7 heteroatoms. The number of carbonyl (C=O) groups is 1. The second kappa shape index (κ2) is 6.26. The Morgan fingerprint density at radius 2 is 2.05 bits per heavy atom. The molecule has 2 heterocycles. The maximum Gasteiger partial charge on any atom is 0.330 e. The van der Waals surface area contributed by atoms with E-state index in [0.717, 1.165) is 24.0 Å². The lowest BCUT2D eigenvalue weighted by atomic mass is 9.98. The van der Waals surface area contributed by atoms with E-state index in [9.17, 15) is 14.4 Å². The van der Waals surface area contributed by atoms with Crippen LogP contribution in [0.25, 0.3) is 0 Å². The van der Waals surface area contributed by atoms with E-state index in [2.05, 4.69) is 4.90 Å². The summed E-state index contributed by atoms with van der Waals surface area (Å²) >= 11 is 0. The minimum atomic E-state index is -0.334. The standard InChI is InChI=1S/C14H21N3O4/c1-15-11(7-12(18)16(2)14(15)20)9-17-6-4-5-10(8-17)13(19)21-3/h7,10H,4-6,8-9H2,1-3H3. The molecule has 0 spiro atoms. The monoisotopic (exact) mass is 295 g/mol. The third kappa shape index (κ3) is 3.24. The summed E-state index contributed by atoms with van der Waals surface area (Å²) in [6.07, 6.45) is 1.72. The molecule has 0 amide bonds. The molecule has 1 aromatic heterocycles. The normalized spacial score (nSPS) is 19.5. The Hall–Kier alpha value is -1.89. The highest BCUT2D eigenvalue weighted by Crippen LogP contribution is 2.19. The van der Waals surface area contributed by atoms with Gasteiger partial charge in [0.1, 0.15) is 0 Å². The average Bonchev–Trinajstić information content (AvgIpc) is 2.50. The number of rotatable bonds is 3. The maximum atomic E-state index is 11.9. The van der Waals surface area contributed by atoms with E-state index in [1.807, 2.05) is 0 Å². The van der Waals surface area contributed by atoms with Crippen LogP contribution in [0, 0.1) is 5.92 Å². The third-order valence-corrected chi connectivity index (χ3v) is 4.05. The zero-order valence-electron chi connectivity index (χ0n) is 12.7. The van der Waals surface area contributed by atoms with Gasteiger partial charge in [-0.05, 0) is 19.4 Å². The molecular weight excluding hydrogens is 274 g/mol. The molecule has 0 N–H and O–H groups in total. The number of esters is 1. The SMILES string of the molecule is COC(=O)C1CCCN(Cc2cc(=O)n(C)c(=O)n2C)C1. The molecule has 7 nitrogen and oxygen atoms in total. The average molecular weight is 295 g/mol. The van der Waals surface area contributed by atoms with Crippen molar-refractivity contribution in [1.82, 2.24) is 14.0 Å². The molecule has 1 atom stereocenters. The molecule has 0 aromatic carbocycles. The van der Waals surface area contributed by atoms with Crippen LogP contribution in [0.1, 0.15) is 18.5 Å². The van der Waals surface area contributed by atoms with Gasteiger partial charge in [-0.3, -0.25) is 23.6 Å². The number of methoxy groups -OCH3 is 1. The van der Waals surface area contributed by atoms with E-state index in [1.165, 1.54) is 24.8 Å². The highest BCUT2D eigenvalue weighted by Gasteiger charge is 2.26. The number of likely N-dealkylation sites (tertiary alicyclic amines) is 1. The second-order valence-electron chi connectivity index (χ2n) is 5.47. The number of hydrogen-bond acceptors (Lipinski definition) is 5. The third-order valence-electron chi connectivity index (χ3n) is 4.05. The van der Waals surface area contributed by atoms with Gasteiger partial charge in [0.25, 0.3) is 5.56 Å². The predicted octanol–water partition coefficient (Wildman–Crippen LogP) is -0.531. The number of piperidine rings is 1. The topological polar surface area (TPSA) is 73.5 Å². The van der Waals surface area contributed by atoms with Crippen molar-refractivity contribution in [2.24, 2.45) is 20.0 Å². The van der Waals surface area contributed by atoms with Crippen LogP contribution in [-0.4, -0.2) is 40.2 Å². The number of carbonyl (C=O) groups excluding carboxylic acids is 1. The van der Waals surface area contributed by atoms with Gasteiger partial charge in [0, 0.05) is 38.9 Å². The molecule has 1 saturated heterocycles. The van der Waals surface area contributed by atoms with E-state index >= 15 is 0 Å². The molecule has 0 radical (unpaired) electrons. The molecule has 0 aliphatic carbocycles. The fourth-order valence-electron chi connectivity index (χ4n) is 2.72. The van der Waals surface area contributed by atoms with Crippen LogP contribution >= 0.6 is 0 Å². The summed E-state index contributed by atoms with van der Waals surface area (Å²) in [5.74, 6) is -0.329. The number of hydrogen-bond donors (Lipinski definition) is 0. The molecule has 0 saturated carbocycles. The van der Waals surface area contributed by atoms with Crippen molar-refractivity contribution in [3.63, 3.8) is 0 Å². The van der Waals surface area contributed by atoms with Gasteiger partial charge >= 0.3 is 11.7 Å². The van der Waals surface area contributed by atoms with Crippen LogP contribution in [0.5, 0.6) is 0 Å². The van der Waals surface area contributed by atoms with Gasteiger partial charge in [-0.25, -0.2) is 4.79 Å². The molecule has 0 bridgehead atoms. The number of ether oxygens (including phenoxy) is 1. The van der Waals surface area contributed by atoms with Crippen molar-refractivity contribution in [3.05, 3.63) is 32.6 Å². The zero-order valence-corrected chi connectivity index (χ0v) is 12.7. The Bertz CT molecular complexity index is 647. The van der Waals surface area contributed by atoms with E-state index in [1.54, 1.807) is 7.05 Å². The van der Waals surface area contributed by atoms with Gasteiger partial charge in [-0.15, -0.1) is 0 Å². The van der Waals surface area contributed by atoms with Crippen LogP contribution in [0.4, 0.5) is 0 Å². The number of nitrogens with zero attached hydrogens (tertiary/aromatic N) is 3. The largest absolute Gasteiger partial charge is 0.469 e. The van der Waals surface area contributed by atoms with E-state index < -0.39 is 0 Å². The fourth-order valence-corrected chi connectivity index (χ4v) is 2.72. The Kier molecular flexibility index (Phi) is 4.62. The first-order chi connectivity index (χ1) is 9.93. The van der Waals surface area contributed by atoms with Crippen molar-refractivity contribution in [3.8, 4) is 0 Å². The van der Waals surface area contributed by atoms with Crippen LogP contribution < -0.4 is 11.2 Å². The second-order valence-corrected chi connectivity index (χ2v) is 5.47. The molecule has 1 aliphatic rings. The van der Waals surface area contributed by atoms with Gasteiger partial charge in [0.15, 0.2) is 0 Å². The van der Waals surface area contributed by atoms with E-state index in [4.69, 9.17) is 4.74 Å². The van der Waals surface area contributed by atoms with Crippen LogP contribution in [0.3, 0.4) is 0 Å². The molecular formula is C14H21N3O4. The molecule has 21 heavy (non-hydrogen) atoms. The molecule has 116 valence electrons. The van der Waals surface area contributed by atoms with Gasteiger partial charge in [0.2, 0.25) is 0 Å². The Morgan fingerprint density at radius 3 is 2.71 bits per heavy atom. The van der Waals surface area contributed by atoms with Crippen LogP contribution in [-0.2, 0) is 30.2 Å². The highest BCUT2D eigenvalue weighted by molar-refractivity contribution is 5.72. The van der Waals surface area contributed by atoms with Gasteiger partial charge < -0.3 is 4.74 Å². The first kappa shape index (κ1) is 15.5. The van der Waals surface area contributed by atoms with Crippen molar-refractivity contribution >= 4 is 5.97 Å². The van der Waals surface area contributed by atoms with Crippen molar-refractivity contribution in [2.75, 3.05) is 20.2 Å². The lowest BCUT2D eigenvalue weighted by molar-refractivity contribution is -0.147. The number of aromatic nitrogens is 2. The van der Waals surface area contributed by atoms with E-state index in [0.29, 0.717) is 18.8 Å². The van der Waals surface area contributed by atoms with Gasteiger partial charge in [-0.2, -0.15) is 0 Å². The molecule has 1 fully saturated rings. The summed E-state index contributed by atoms with van der Waals surface area (Å²) < 4.78 is 7.35. The first-order valence-electron chi connectivity index (χ1n) is 7.00. The quantitative estimate of drug-likeness (QED) is 0.701. The summed E-state index contributed by atoms with van der Waals surface area (Å²) in [6.45, 7) is 1.92. The Morgan fingerprint density at radius 1 is 1.33 bits per heavy atom. The van der Waals surface area contributed by atoms with Gasteiger partial charge in [0.05, 0.1) is 13.0 Å². The zero-order chi connectivity index (χ0) is 15.6. The fraction of sp³-hybridized carbons (Fsp3) is 0.643. The van der Waals surface area contributed by atoms with Crippen molar-refractivity contribution < 1.29 is 9.53 Å². The Balaban J connectivity index is 2.17. The highest BCUT2D eigenvalue weighted by atomic mass is 16.5. The summed E-state index contributed by atoms with van der Waals surface area (Å²) in [7, 11) is 4.51.